The van der Waals surface area contributed by atoms with Crippen molar-refractivity contribution in [2.24, 2.45) is 58.7 Å². The summed E-state index contributed by atoms with van der Waals surface area (Å²) in [6, 6.07) is -0.948. The van der Waals surface area contributed by atoms with E-state index in [9.17, 15) is 42.3 Å². The van der Waals surface area contributed by atoms with Crippen LogP contribution in [0.3, 0.4) is 0 Å². The Morgan fingerprint density at radius 1 is 0.736 bits per heavy atom. The van der Waals surface area contributed by atoms with Crippen LogP contribution in [0.2, 0.25) is 0 Å². The summed E-state index contributed by atoms with van der Waals surface area (Å²) in [5.41, 5.74) is -0.925. The fourth-order valence-corrected chi connectivity index (χ4v) is 16.9. The molecule has 4 aliphatic carbocycles. The first-order valence-electron chi connectivity index (χ1n) is 27.3. The fraction of sp³-hybridized carbons (Fsp3) is 0.882. The van der Waals surface area contributed by atoms with Gasteiger partial charge in [0.15, 0.2) is 0 Å². The summed E-state index contributed by atoms with van der Waals surface area (Å²) in [5, 5.41) is 33.5. The van der Waals surface area contributed by atoms with Crippen LogP contribution in [0.15, 0.2) is 0 Å². The van der Waals surface area contributed by atoms with Gasteiger partial charge in [-0.2, -0.15) is 0 Å². The van der Waals surface area contributed by atoms with E-state index in [2.05, 4.69) is 44.1 Å². The number of carbonyl (C=O) groups is 6. The van der Waals surface area contributed by atoms with Gasteiger partial charge in [0, 0.05) is 68.1 Å². The van der Waals surface area contributed by atoms with Gasteiger partial charge in [0.25, 0.3) is 0 Å². The third kappa shape index (κ3) is 14.2. The molecule has 21 heteroatoms. The third-order valence-electron chi connectivity index (χ3n) is 17.7. The molecule has 0 spiro atoms. The van der Waals surface area contributed by atoms with Crippen LogP contribution in [-0.2, 0) is 38.8 Å². The number of nitrogens with zero attached hydrogens (tertiary/aromatic N) is 2. The highest BCUT2D eigenvalue weighted by molar-refractivity contribution is 8.00. The molecule has 0 aromatic carbocycles. The van der Waals surface area contributed by atoms with Crippen LogP contribution in [0.5, 0.6) is 0 Å². The Balaban J connectivity index is 0.736. The number of hydrogen-bond donors (Lipinski definition) is 8. The second-order valence-electron chi connectivity index (χ2n) is 24.0. The third-order valence-corrected chi connectivity index (χ3v) is 21.6. The van der Waals surface area contributed by atoms with Crippen LogP contribution < -0.4 is 37.2 Å². The zero-order valence-electron chi connectivity index (χ0n) is 43.3. The molecule has 4 heterocycles. The van der Waals surface area contributed by atoms with E-state index in [0.29, 0.717) is 79.3 Å². The van der Waals surface area contributed by atoms with Gasteiger partial charge in [0.2, 0.25) is 45.5 Å². The smallest absolute Gasteiger partial charge is 0.246 e. The number of thioether (sulfide) groups is 2. The second-order valence-corrected chi connectivity index (χ2v) is 28.3. The van der Waals surface area contributed by atoms with E-state index in [1.807, 2.05) is 32.5 Å². The average Bonchev–Trinajstić information content (AvgIpc) is 3.79. The summed E-state index contributed by atoms with van der Waals surface area (Å²) < 4.78 is 25.0. The Kier molecular flexibility index (Phi) is 18.6. The zero-order chi connectivity index (χ0) is 51.5. The lowest BCUT2D eigenvalue weighted by Crippen LogP contribution is -2.58. The van der Waals surface area contributed by atoms with Gasteiger partial charge in [0.1, 0.15) is 17.6 Å². The number of sulfonamides is 1. The highest BCUT2D eigenvalue weighted by Gasteiger charge is 2.51. The molecule has 8 rings (SSSR count). The van der Waals surface area contributed by atoms with Crippen LogP contribution in [0.1, 0.15) is 124 Å². The number of likely N-dealkylation sites (tertiary alicyclic amines) is 1. The van der Waals surface area contributed by atoms with Crippen molar-refractivity contribution in [2.75, 3.05) is 57.2 Å². The van der Waals surface area contributed by atoms with Gasteiger partial charge in [-0.3, -0.25) is 34.1 Å². The molecule has 14 atom stereocenters. The van der Waals surface area contributed by atoms with Crippen molar-refractivity contribution in [2.45, 2.75) is 165 Å². The first-order valence-corrected chi connectivity index (χ1v) is 31.3. The molecule has 406 valence electrons. The minimum atomic E-state index is -3.35. The molecule has 8 N–H and O–H groups in total. The number of rotatable bonds is 17. The minimum Gasteiger partial charge on any atom is -0.391 e. The molecule has 4 saturated heterocycles. The van der Waals surface area contributed by atoms with E-state index in [4.69, 9.17) is 0 Å². The highest BCUT2D eigenvalue weighted by atomic mass is 32.2. The Bertz CT molecular complexity index is 2070. The summed E-state index contributed by atoms with van der Waals surface area (Å²) in [7, 11) is -3.35. The number of nitrogens with one attached hydrogen (secondary N) is 7. The topological polar surface area (TPSA) is 247 Å². The summed E-state index contributed by atoms with van der Waals surface area (Å²) in [6.07, 6.45) is 14.8. The van der Waals surface area contributed by atoms with Crippen LogP contribution in [-0.4, -0.2) is 156 Å². The average molecular weight is 1060 g/mol. The largest absolute Gasteiger partial charge is 0.391 e. The molecular weight excluding hydrogens is 979 g/mol. The Morgan fingerprint density at radius 3 is 2.11 bits per heavy atom. The van der Waals surface area contributed by atoms with Crippen molar-refractivity contribution < 1.29 is 42.3 Å². The first kappa shape index (κ1) is 55.5. The number of aliphatic hydroxyl groups excluding tert-OH is 1. The van der Waals surface area contributed by atoms with Crippen molar-refractivity contribution in [1.82, 2.24) is 46.4 Å². The molecule has 11 unspecified atom stereocenters. The van der Waals surface area contributed by atoms with Crippen molar-refractivity contribution in [1.29, 1.82) is 0 Å². The van der Waals surface area contributed by atoms with Crippen molar-refractivity contribution in [3.05, 3.63) is 0 Å². The maximum absolute atomic E-state index is 14.3. The molecule has 8 aliphatic rings. The predicted octanol–water partition coefficient (Wildman–Crippen LogP) is 2.32. The van der Waals surface area contributed by atoms with Crippen LogP contribution >= 0.6 is 23.5 Å². The monoisotopic (exact) mass is 1060 g/mol. The highest BCUT2D eigenvalue weighted by Crippen LogP contribution is 2.45. The van der Waals surface area contributed by atoms with E-state index in [1.54, 1.807) is 11.8 Å². The summed E-state index contributed by atoms with van der Waals surface area (Å²) >= 11 is 3.70. The molecular formula is C51H85N9O9S3. The number of aliphatic hydroxyl groups is 1. The van der Waals surface area contributed by atoms with Gasteiger partial charge in [0.05, 0.1) is 36.7 Å². The van der Waals surface area contributed by atoms with Gasteiger partial charge in [-0.25, -0.2) is 12.7 Å². The number of carbonyl (C=O) groups excluding carboxylic acids is 6. The maximum atomic E-state index is 14.3. The van der Waals surface area contributed by atoms with Gasteiger partial charge in [-0.15, -0.1) is 23.5 Å². The fourth-order valence-electron chi connectivity index (χ4n) is 13.3. The number of hydrogen-bond acceptors (Lipinski definition) is 13. The molecule has 4 saturated carbocycles. The van der Waals surface area contributed by atoms with E-state index < -0.39 is 51.4 Å². The molecule has 8 fully saturated rings. The summed E-state index contributed by atoms with van der Waals surface area (Å²) in [6.45, 7) is 9.36. The quantitative estimate of drug-likeness (QED) is 0.104. The number of β-amino-alcohol motifs (C(OH)–C–C–N with tert-alkyl or cyclic N) is 1. The standard InChI is InChI=1S/C51H85N9O9S3/c1-29-43(71-28-55-29)32-14-12-30(13-15-32)22-53-48(66)41-20-37(61)26-60(41)49(67)44(51(2,3)4)58-47(65)39-21-38(39)46(64)52-23-31-8-6-9-33(18-31)34-10-7-11-35(19-34)40-27-70-50(56-40)57-42(62)24-54-45(63)36-16-17-59(25-36)72(5,68)69/h29-41,43-44,50,55-56,61H,6-28H2,1-5H3,(H,52,64)(H,53,66)(H,54,63)(H,57,62)(H,58,65)/t29?,30?,31?,32?,33?,34?,35?,36?,37-,38?,39?,40?,41+,43?,44-,50?/m1/s1. The lowest BCUT2D eigenvalue weighted by Gasteiger charge is -2.40. The predicted molar refractivity (Wildman–Crippen MR) is 279 cm³/mol. The zero-order valence-corrected chi connectivity index (χ0v) is 45.8. The van der Waals surface area contributed by atoms with Gasteiger partial charge in [-0.05, 0) is 112 Å². The van der Waals surface area contributed by atoms with E-state index >= 15 is 0 Å². The second kappa shape index (κ2) is 24.1. The van der Waals surface area contributed by atoms with Crippen LogP contribution in [0.25, 0.3) is 0 Å². The Morgan fingerprint density at radius 2 is 1.42 bits per heavy atom. The Labute approximate surface area is 436 Å². The molecule has 0 bridgehead atoms. The lowest BCUT2D eigenvalue weighted by atomic mass is 9.67. The van der Waals surface area contributed by atoms with E-state index in [0.717, 1.165) is 75.7 Å². The van der Waals surface area contributed by atoms with Gasteiger partial charge < -0.3 is 41.9 Å². The number of amides is 6. The lowest BCUT2D eigenvalue weighted by molar-refractivity contribution is -0.144. The SMILES string of the molecule is CC1NCSC1C1CCC(CNC(=O)[C@@H]2C[C@@H](O)CN2C(=O)[C@@H](NC(=O)C2CC2C(=O)NCC2CCCC(C3CCCC(C4CSC(NC(=O)CNC(=O)C5CCN(S(C)(=O)=O)C5)N4)C3)C2)C(C)(C)C)CC1. The minimum absolute atomic E-state index is 0.0248. The van der Waals surface area contributed by atoms with Gasteiger partial charge >= 0.3 is 0 Å². The first-order chi connectivity index (χ1) is 34.2. The van der Waals surface area contributed by atoms with Crippen molar-refractivity contribution in [3.8, 4) is 0 Å². The molecule has 0 aromatic heterocycles. The van der Waals surface area contributed by atoms with E-state index in [1.165, 1.54) is 28.5 Å². The van der Waals surface area contributed by atoms with Crippen molar-refractivity contribution >= 4 is 69.0 Å². The van der Waals surface area contributed by atoms with E-state index in [-0.39, 0.29) is 73.0 Å². The van der Waals surface area contributed by atoms with Crippen LogP contribution in [0.4, 0.5) is 0 Å². The molecule has 6 amide bonds. The molecule has 72 heavy (non-hydrogen) atoms. The summed E-state index contributed by atoms with van der Waals surface area (Å²) in [4.78, 5) is 82.1. The Hall–Kier alpha value is -2.69. The normalized spacial score (nSPS) is 36.9. The molecule has 4 aliphatic heterocycles. The van der Waals surface area contributed by atoms with Gasteiger partial charge in [-0.1, -0.05) is 46.5 Å². The molecule has 0 radical (unpaired) electrons. The molecule has 0 aromatic rings. The summed E-state index contributed by atoms with van der Waals surface area (Å²) in [5.74, 6) is 1.93. The maximum Gasteiger partial charge on any atom is 0.246 e. The van der Waals surface area contributed by atoms with Crippen molar-refractivity contribution in [3.63, 3.8) is 0 Å². The van der Waals surface area contributed by atoms with Crippen LogP contribution in [0, 0.1) is 58.7 Å². The molecule has 18 nitrogen and oxygen atoms in total.